The van der Waals surface area contributed by atoms with Crippen LogP contribution in [0.25, 0.3) is 0 Å². The molecule has 83 valence electrons. The van der Waals surface area contributed by atoms with Crippen LogP contribution < -0.4 is 0 Å². The fourth-order valence-corrected chi connectivity index (χ4v) is 2.00. The average Bonchev–Trinajstić information content (AvgIpc) is 1.80. The molecule has 0 rings (SSSR count). The van der Waals surface area contributed by atoms with E-state index >= 15 is 0 Å². The molecule has 14 heavy (non-hydrogen) atoms. The second kappa shape index (κ2) is 4.01. The van der Waals surface area contributed by atoms with Crippen molar-refractivity contribution in [1.29, 1.82) is 0 Å². The van der Waals surface area contributed by atoms with Gasteiger partial charge in [0.15, 0.2) is 8.32 Å². The first-order valence-corrected chi connectivity index (χ1v) is 8.44. The third-order valence-corrected chi connectivity index (χ3v) is 7.10. The Kier molecular flexibility index (Phi) is 4.08. The van der Waals surface area contributed by atoms with Gasteiger partial charge in [0, 0.05) is 0 Å². The number of hydrogen-bond acceptors (Lipinski definition) is 1. The highest BCUT2D eigenvalue weighted by Gasteiger charge is 2.43. The van der Waals surface area contributed by atoms with Gasteiger partial charge in [-0.25, -0.2) is 0 Å². The lowest BCUT2D eigenvalue weighted by molar-refractivity contribution is 0.456. The highest BCUT2D eigenvalue weighted by atomic mass is 28.4. The molecule has 3 heteroatoms. The van der Waals surface area contributed by atoms with E-state index in [1.54, 1.807) is 0 Å². The summed E-state index contributed by atoms with van der Waals surface area (Å²) < 4.78 is 0. The quantitative estimate of drug-likeness (QED) is 0.709. The van der Waals surface area contributed by atoms with Crippen LogP contribution in [0.2, 0.25) is 23.3 Å². The van der Waals surface area contributed by atoms with E-state index in [-0.39, 0.29) is 10.3 Å². The van der Waals surface area contributed by atoms with Crippen molar-refractivity contribution in [2.45, 2.75) is 64.9 Å². The molecule has 0 atom stereocenters. The summed E-state index contributed by atoms with van der Waals surface area (Å²) in [4.78, 5) is 10.2. The lowest BCUT2D eigenvalue weighted by atomic mass is 9.44. The summed E-state index contributed by atoms with van der Waals surface area (Å²) in [5, 5.41) is 0.191. The summed E-state index contributed by atoms with van der Waals surface area (Å²) in [6.07, 6.45) is 0. The van der Waals surface area contributed by atoms with Gasteiger partial charge in [0.05, 0.1) is 0 Å². The predicted octanol–water partition coefficient (Wildman–Crippen LogP) is 3.48. The van der Waals surface area contributed by atoms with E-state index < -0.39 is 8.32 Å². The van der Waals surface area contributed by atoms with Crippen molar-refractivity contribution in [1.82, 2.24) is 0 Å². The summed E-state index contributed by atoms with van der Waals surface area (Å²) in [5.74, 6) is 0.609. The normalized spacial score (nSPS) is 14.7. The molecule has 0 aliphatic rings. The van der Waals surface area contributed by atoms with Gasteiger partial charge in [0.1, 0.15) is 7.28 Å². The van der Waals surface area contributed by atoms with Gasteiger partial charge in [-0.3, -0.25) is 0 Å². The van der Waals surface area contributed by atoms with Crippen molar-refractivity contribution in [3.05, 3.63) is 0 Å². The van der Waals surface area contributed by atoms with Crippen LogP contribution >= 0.6 is 0 Å². The van der Waals surface area contributed by atoms with Crippen LogP contribution in [-0.2, 0) is 0 Å². The Morgan fingerprint density at radius 1 is 1.07 bits per heavy atom. The van der Waals surface area contributed by atoms with Gasteiger partial charge in [-0.15, -0.1) is 0 Å². The molecule has 0 amide bonds. The fourth-order valence-electron chi connectivity index (χ4n) is 1.27. The Morgan fingerprint density at radius 2 is 1.43 bits per heavy atom. The first-order valence-electron chi connectivity index (χ1n) is 5.49. The molecule has 1 nitrogen and oxygen atoms in total. The third-order valence-electron chi connectivity index (χ3n) is 3.80. The van der Waals surface area contributed by atoms with Gasteiger partial charge in [-0.05, 0) is 23.9 Å². The van der Waals surface area contributed by atoms with E-state index in [4.69, 9.17) is 0 Å². The molecule has 0 spiro atoms. The van der Waals surface area contributed by atoms with Crippen molar-refractivity contribution >= 4 is 15.6 Å². The van der Waals surface area contributed by atoms with E-state index in [2.05, 4.69) is 48.8 Å². The molecule has 0 fully saturated rings. The zero-order valence-corrected chi connectivity index (χ0v) is 12.1. The van der Waals surface area contributed by atoms with Gasteiger partial charge < -0.3 is 4.80 Å². The molecule has 0 aliphatic carbocycles. The summed E-state index contributed by atoms with van der Waals surface area (Å²) in [5.41, 5.74) is 0. The molecule has 0 saturated heterocycles. The Labute approximate surface area is 91.7 Å². The van der Waals surface area contributed by atoms with E-state index in [1.807, 2.05) is 13.1 Å². The average molecular weight is 213 g/mol. The van der Waals surface area contributed by atoms with E-state index in [1.165, 1.54) is 0 Å². The predicted molar refractivity (Wildman–Crippen MR) is 68.4 cm³/mol. The molecule has 0 aromatic carbocycles. The lowest BCUT2D eigenvalue weighted by Crippen LogP contribution is -2.46. The van der Waals surface area contributed by atoms with Gasteiger partial charge in [0.25, 0.3) is 0 Å². The maximum absolute atomic E-state index is 10.2. The summed E-state index contributed by atoms with van der Waals surface area (Å²) >= 11 is 0. The standard InChI is InChI=1S/C11H26BOSi/c1-9(2)10(3,4)12-11(5,6)14(7,8)13/h9,13H,1-8H3. The molecule has 1 N–H and O–H groups in total. The molecule has 0 aromatic rings. The monoisotopic (exact) mass is 213 g/mol. The molecule has 0 unspecified atom stereocenters. The SMILES string of the molecule is CC(C)C(C)(C)[B]C(C)(C)[Si](C)(C)O. The largest absolute Gasteiger partial charge is 0.432 e. The van der Waals surface area contributed by atoms with Crippen molar-refractivity contribution in [3.63, 3.8) is 0 Å². The van der Waals surface area contributed by atoms with Crippen LogP contribution in [0.1, 0.15) is 41.5 Å². The van der Waals surface area contributed by atoms with Crippen LogP contribution in [-0.4, -0.2) is 20.4 Å². The minimum absolute atomic E-state index is 0.0270. The Morgan fingerprint density at radius 3 is 1.64 bits per heavy atom. The first kappa shape index (κ1) is 14.2. The maximum Gasteiger partial charge on any atom is 0.180 e. The van der Waals surface area contributed by atoms with Crippen LogP contribution in [0.15, 0.2) is 0 Å². The zero-order valence-electron chi connectivity index (χ0n) is 11.1. The smallest absolute Gasteiger partial charge is 0.180 e. The summed E-state index contributed by atoms with van der Waals surface area (Å²) in [6.45, 7) is 17.3. The van der Waals surface area contributed by atoms with E-state index in [0.29, 0.717) is 5.92 Å². The van der Waals surface area contributed by atoms with Crippen LogP contribution in [0.4, 0.5) is 0 Å². The molecule has 0 saturated carbocycles. The first-order chi connectivity index (χ1) is 5.90. The third kappa shape index (κ3) is 3.43. The highest BCUT2D eigenvalue weighted by Crippen LogP contribution is 2.45. The summed E-state index contributed by atoms with van der Waals surface area (Å²) in [6, 6.07) is 0. The highest BCUT2D eigenvalue weighted by molar-refractivity contribution is 6.83. The van der Waals surface area contributed by atoms with Crippen LogP contribution in [0.5, 0.6) is 0 Å². The topological polar surface area (TPSA) is 20.2 Å². The van der Waals surface area contributed by atoms with Crippen LogP contribution in [0, 0.1) is 5.92 Å². The minimum atomic E-state index is -2.10. The van der Waals surface area contributed by atoms with Crippen LogP contribution in [0.3, 0.4) is 0 Å². The number of rotatable bonds is 4. The fraction of sp³-hybridized carbons (Fsp3) is 1.00. The van der Waals surface area contributed by atoms with Crippen molar-refractivity contribution < 1.29 is 4.80 Å². The van der Waals surface area contributed by atoms with E-state index in [9.17, 15) is 4.80 Å². The van der Waals surface area contributed by atoms with Gasteiger partial charge in [0.2, 0.25) is 0 Å². The van der Waals surface area contributed by atoms with Crippen molar-refractivity contribution in [2.75, 3.05) is 0 Å². The molecule has 0 aromatic heterocycles. The molecule has 1 radical (unpaired) electrons. The second-order valence-corrected chi connectivity index (χ2v) is 10.8. The minimum Gasteiger partial charge on any atom is -0.432 e. The Hall–Kier alpha value is 0.242. The molecule has 0 aliphatic heterocycles. The van der Waals surface area contributed by atoms with E-state index in [0.717, 1.165) is 0 Å². The maximum atomic E-state index is 10.2. The van der Waals surface area contributed by atoms with Crippen molar-refractivity contribution in [2.24, 2.45) is 5.92 Å². The van der Waals surface area contributed by atoms with Crippen molar-refractivity contribution in [3.8, 4) is 0 Å². The molecule has 0 heterocycles. The molecular weight excluding hydrogens is 187 g/mol. The second-order valence-electron chi connectivity index (χ2n) is 6.40. The Bertz CT molecular complexity index is 192. The molecular formula is C11H26BOSi. The Balaban J connectivity index is 4.67. The van der Waals surface area contributed by atoms with Gasteiger partial charge in [-0.1, -0.05) is 46.9 Å². The van der Waals surface area contributed by atoms with Gasteiger partial charge >= 0.3 is 0 Å². The zero-order chi connectivity index (χ0) is 11.8. The van der Waals surface area contributed by atoms with Gasteiger partial charge in [-0.2, -0.15) is 0 Å². The number of hydrogen-bond donors (Lipinski definition) is 1. The molecule has 0 bridgehead atoms. The lowest BCUT2D eigenvalue weighted by Gasteiger charge is -2.42. The summed E-state index contributed by atoms with van der Waals surface area (Å²) in [7, 11) is 0.248.